The minimum Gasteiger partial charge on any atom is -0.496 e. The van der Waals surface area contributed by atoms with Crippen molar-refractivity contribution < 1.29 is 19.1 Å². The Morgan fingerprint density at radius 2 is 1.74 bits per heavy atom. The standard InChI is InChI=1S/C31H31N5O4S3/c1-4-26(29(39)34-30-35-31(36-43-30)41-5-2)42-23-16-11-15-22(19-23)32-28(38)24(18-21-14-9-10-17-25(21)40-3)33-27(37)20-12-7-6-8-13-20/h6-19,26H,4-5H2,1-3H3,(H,32,38)(H,33,37)(H,34,35,36,39)/b24-18+. The molecule has 1 aromatic heterocycles. The van der Waals surface area contributed by atoms with Crippen molar-refractivity contribution in [2.75, 3.05) is 23.5 Å². The summed E-state index contributed by atoms with van der Waals surface area (Å²) < 4.78 is 9.68. The molecule has 0 saturated heterocycles. The van der Waals surface area contributed by atoms with E-state index in [0.717, 1.165) is 22.2 Å². The second kappa shape index (κ2) is 15.9. The third-order valence-electron chi connectivity index (χ3n) is 5.91. The van der Waals surface area contributed by atoms with Crippen LogP contribution in [0, 0.1) is 0 Å². The lowest BCUT2D eigenvalue weighted by Gasteiger charge is -2.15. The molecule has 222 valence electrons. The van der Waals surface area contributed by atoms with Crippen LogP contribution in [0.25, 0.3) is 6.08 Å². The normalized spacial score (nSPS) is 11.8. The Morgan fingerprint density at radius 3 is 2.49 bits per heavy atom. The molecule has 0 saturated carbocycles. The van der Waals surface area contributed by atoms with Gasteiger partial charge in [0.05, 0.1) is 12.4 Å². The molecule has 12 heteroatoms. The van der Waals surface area contributed by atoms with Gasteiger partial charge in [0, 0.05) is 33.2 Å². The van der Waals surface area contributed by atoms with Gasteiger partial charge < -0.3 is 15.4 Å². The highest BCUT2D eigenvalue weighted by Crippen LogP contribution is 2.29. The summed E-state index contributed by atoms with van der Waals surface area (Å²) in [6.07, 6.45) is 2.16. The van der Waals surface area contributed by atoms with Crippen LogP contribution in [0.5, 0.6) is 5.75 Å². The van der Waals surface area contributed by atoms with Gasteiger partial charge in [-0.15, -0.1) is 11.8 Å². The highest BCUT2D eigenvalue weighted by Gasteiger charge is 2.21. The number of benzene rings is 3. The zero-order valence-corrected chi connectivity index (χ0v) is 26.3. The van der Waals surface area contributed by atoms with Crippen LogP contribution in [-0.2, 0) is 9.59 Å². The summed E-state index contributed by atoms with van der Waals surface area (Å²) in [6, 6.07) is 23.1. The van der Waals surface area contributed by atoms with E-state index in [-0.39, 0.29) is 16.9 Å². The lowest BCUT2D eigenvalue weighted by molar-refractivity contribution is -0.116. The third-order valence-corrected chi connectivity index (χ3v) is 8.75. The van der Waals surface area contributed by atoms with E-state index in [1.54, 1.807) is 67.8 Å². The maximum atomic E-state index is 13.5. The molecular formula is C31H31N5O4S3. The zero-order valence-electron chi connectivity index (χ0n) is 23.8. The van der Waals surface area contributed by atoms with E-state index in [1.165, 1.54) is 23.5 Å². The molecule has 0 radical (unpaired) electrons. The molecular weight excluding hydrogens is 603 g/mol. The maximum absolute atomic E-state index is 13.5. The summed E-state index contributed by atoms with van der Waals surface area (Å²) >= 11 is 4.06. The zero-order chi connectivity index (χ0) is 30.6. The van der Waals surface area contributed by atoms with Gasteiger partial charge in [-0.25, -0.2) is 0 Å². The van der Waals surface area contributed by atoms with E-state index in [2.05, 4.69) is 25.3 Å². The molecule has 1 heterocycles. The number of anilines is 2. The SMILES string of the molecule is CCSc1nsc(NC(=O)C(CC)Sc2cccc(NC(=O)/C(=C\c3ccccc3OC)NC(=O)c3ccccc3)c2)n1. The fraction of sp³-hybridized carbons (Fsp3) is 0.194. The largest absolute Gasteiger partial charge is 0.496 e. The van der Waals surface area contributed by atoms with Crippen molar-refractivity contribution in [2.24, 2.45) is 0 Å². The number of carbonyl (C=O) groups excluding carboxylic acids is 3. The number of ether oxygens (including phenoxy) is 1. The Kier molecular flexibility index (Phi) is 11.8. The predicted octanol–water partition coefficient (Wildman–Crippen LogP) is 6.58. The average Bonchev–Trinajstić information content (AvgIpc) is 3.47. The van der Waals surface area contributed by atoms with Crippen LogP contribution in [0.1, 0.15) is 36.2 Å². The first-order valence-electron chi connectivity index (χ1n) is 13.5. The fourth-order valence-electron chi connectivity index (χ4n) is 3.85. The molecule has 0 aliphatic rings. The number of methoxy groups -OCH3 is 1. The highest BCUT2D eigenvalue weighted by molar-refractivity contribution is 8.00. The third kappa shape index (κ3) is 9.18. The molecule has 0 fully saturated rings. The number of nitrogens with zero attached hydrogens (tertiary/aromatic N) is 2. The molecule has 3 N–H and O–H groups in total. The van der Waals surface area contributed by atoms with Gasteiger partial charge in [0.2, 0.25) is 16.2 Å². The Labute approximate surface area is 263 Å². The fourth-order valence-corrected chi connectivity index (χ4v) is 6.14. The molecule has 1 unspecified atom stereocenters. The lowest BCUT2D eigenvalue weighted by atomic mass is 10.1. The van der Waals surface area contributed by atoms with Gasteiger partial charge in [0.15, 0.2) is 0 Å². The van der Waals surface area contributed by atoms with Crippen LogP contribution in [0.4, 0.5) is 10.8 Å². The highest BCUT2D eigenvalue weighted by atomic mass is 32.2. The van der Waals surface area contributed by atoms with Crippen LogP contribution in [-0.4, -0.2) is 45.2 Å². The first kappa shape index (κ1) is 31.8. The predicted molar refractivity (Wildman–Crippen MR) is 175 cm³/mol. The van der Waals surface area contributed by atoms with Crippen LogP contribution >= 0.6 is 35.1 Å². The molecule has 0 bridgehead atoms. The number of rotatable bonds is 13. The molecule has 3 amide bonds. The number of hydrogen-bond donors (Lipinski definition) is 3. The summed E-state index contributed by atoms with van der Waals surface area (Å²) in [5, 5.41) is 9.20. The average molecular weight is 634 g/mol. The number of nitrogens with one attached hydrogen (secondary N) is 3. The minimum atomic E-state index is -0.515. The van der Waals surface area contributed by atoms with E-state index in [1.807, 2.05) is 38.1 Å². The maximum Gasteiger partial charge on any atom is 0.272 e. The molecule has 4 rings (SSSR count). The van der Waals surface area contributed by atoms with Gasteiger partial charge in [-0.05, 0) is 54.6 Å². The number of hydrogen-bond acceptors (Lipinski definition) is 9. The van der Waals surface area contributed by atoms with Gasteiger partial charge in [-0.1, -0.05) is 68.1 Å². The van der Waals surface area contributed by atoms with E-state index in [4.69, 9.17) is 4.74 Å². The van der Waals surface area contributed by atoms with Gasteiger partial charge in [-0.2, -0.15) is 9.36 Å². The summed E-state index contributed by atoms with van der Waals surface area (Å²) in [7, 11) is 1.54. The quantitative estimate of drug-likeness (QED) is 0.112. The van der Waals surface area contributed by atoms with E-state index >= 15 is 0 Å². The van der Waals surface area contributed by atoms with Gasteiger partial charge in [0.25, 0.3) is 11.8 Å². The molecule has 1 atom stereocenters. The van der Waals surface area contributed by atoms with Crippen molar-refractivity contribution >= 4 is 69.7 Å². The Hall–Kier alpha value is -4.13. The molecule has 0 aliphatic carbocycles. The molecule has 0 spiro atoms. The number of para-hydroxylation sites is 1. The summed E-state index contributed by atoms with van der Waals surface area (Å²) in [6.45, 7) is 3.95. The van der Waals surface area contributed by atoms with E-state index < -0.39 is 11.8 Å². The first-order chi connectivity index (χ1) is 20.9. The Morgan fingerprint density at radius 1 is 0.977 bits per heavy atom. The number of carbonyl (C=O) groups is 3. The number of aromatic nitrogens is 2. The smallest absolute Gasteiger partial charge is 0.272 e. The van der Waals surface area contributed by atoms with Gasteiger partial charge >= 0.3 is 0 Å². The molecule has 43 heavy (non-hydrogen) atoms. The van der Waals surface area contributed by atoms with Crippen molar-refractivity contribution in [3.05, 3.63) is 95.7 Å². The van der Waals surface area contributed by atoms with Crippen molar-refractivity contribution in [3.8, 4) is 5.75 Å². The van der Waals surface area contributed by atoms with E-state index in [0.29, 0.717) is 39.3 Å². The van der Waals surface area contributed by atoms with Crippen molar-refractivity contribution in [1.82, 2.24) is 14.7 Å². The van der Waals surface area contributed by atoms with E-state index in [9.17, 15) is 14.4 Å². The second-order valence-corrected chi connectivity index (χ2v) is 12.2. The molecule has 4 aromatic rings. The number of amides is 3. The van der Waals surface area contributed by atoms with Crippen molar-refractivity contribution in [1.29, 1.82) is 0 Å². The summed E-state index contributed by atoms with van der Waals surface area (Å²) in [5.74, 6) is 0.296. The summed E-state index contributed by atoms with van der Waals surface area (Å²) in [4.78, 5) is 44.6. The van der Waals surface area contributed by atoms with Crippen LogP contribution in [0.2, 0.25) is 0 Å². The van der Waals surface area contributed by atoms with Gasteiger partial charge in [0.1, 0.15) is 11.4 Å². The minimum absolute atomic E-state index is 0.0416. The number of thioether (sulfide) groups is 2. The Balaban J connectivity index is 1.50. The first-order valence-corrected chi connectivity index (χ1v) is 16.1. The molecule has 0 aliphatic heterocycles. The van der Waals surface area contributed by atoms with Gasteiger partial charge in [-0.3, -0.25) is 19.7 Å². The molecule has 9 nitrogen and oxygen atoms in total. The monoisotopic (exact) mass is 633 g/mol. The van der Waals surface area contributed by atoms with Crippen molar-refractivity contribution in [2.45, 2.75) is 35.6 Å². The van der Waals surface area contributed by atoms with Crippen LogP contribution in [0.3, 0.4) is 0 Å². The lowest BCUT2D eigenvalue weighted by Crippen LogP contribution is -2.30. The molecule has 3 aromatic carbocycles. The summed E-state index contributed by atoms with van der Waals surface area (Å²) in [5.41, 5.74) is 1.59. The van der Waals surface area contributed by atoms with Crippen molar-refractivity contribution in [3.63, 3.8) is 0 Å². The topological polar surface area (TPSA) is 122 Å². The van der Waals surface area contributed by atoms with Crippen LogP contribution < -0.4 is 20.7 Å². The van der Waals surface area contributed by atoms with Crippen LogP contribution in [0.15, 0.2) is 94.6 Å². The Bertz CT molecular complexity index is 1590. The second-order valence-electron chi connectivity index (χ2n) is 8.92.